The van der Waals surface area contributed by atoms with Crippen molar-refractivity contribution in [3.63, 3.8) is 0 Å². The van der Waals surface area contributed by atoms with Gasteiger partial charge >= 0.3 is 0 Å². The smallest absolute Gasteiger partial charge is 0.119 e. The van der Waals surface area contributed by atoms with Crippen LogP contribution in [0.15, 0.2) is 0 Å². The van der Waals surface area contributed by atoms with Gasteiger partial charge in [-0.15, -0.1) is 0 Å². The van der Waals surface area contributed by atoms with Crippen LogP contribution in [0, 0.1) is 22.7 Å². The molecule has 0 bridgehead atoms. The summed E-state index contributed by atoms with van der Waals surface area (Å²) in [6.45, 7) is 18.2. The SMILES string of the molecule is C=O.CN(C)CCCCCCN(C)C.CN(C)CCCCCCN(C)C.CN(C)CCCCCCN(C)C.CN(C)CCCCCCN(C)C.CN(C)CCCCCCN(C)C.CNC.CNC.CNC.CO.N.N#CCCCCC#N.NCCCCCCN.NCCCCCCN.O.O.O.O.O=CCCCCC=O.OCCCCCCO. The minimum absolute atomic E-state index is 0. The van der Waals surface area contributed by atoms with Crippen LogP contribution in [0.2, 0.25) is 0 Å². The van der Waals surface area contributed by atoms with Gasteiger partial charge < -0.3 is 146 Å². The van der Waals surface area contributed by atoms with Crippen LogP contribution >= 0.6 is 0 Å². The van der Waals surface area contributed by atoms with E-state index < -0.39 is 0 Å². The van der Waals surface area contributed by atoms with Crippen LogP contribution < -0.4 is 45.0 Å². The van der Waals surface area contributed by atoms with Gasteiger partial charge in [0.2, 0.25) is 0 Å². The van der Waals surface area contributed by atoms with E-state index in [2.05, 4.69) is 206 Å². The quantitative estimate of drug-likeness (QED) is 0.0202. The van der Waals surface area contributed by atoms with E-state index in [0.29, 0.717) is 25.7 Å². The number of nitrogens with two attached hydrogens (primary N) is 4. The van der Waals surface area contributed by atoms with E-state index in [9.17, 15) is 9.59 Å². The zero-order valence-electron chi connectivity index (χ0n) is 83.9. The molecule has 0 heterocycles. The largest absolute Gasteiger partial charge is 0.412 e. The monoisotopic (exact) mass is 1720 g/mol. The van der Waals surface area contributed by atoms with Gasteiger partial charge in [-0.3, -0.25) is 0 Å². The predicted molar refractivity (Wildman–Crippen MR) is 524 cm³/mol. The van der Waals surface area contributed by atoms with E-state index in [4.69, 9.17) is 53.6 Å². The molecule has 0 aromatic rings. The zero-order chi connectivity index (χ0) is 90.3. The second kappa shape index (κ2) is 180. The lowest BCUT2D eigenvalue weighted by Gasteiger charge is -2.10. The molecule has 0 aliphatic heterocycles. The van der Waals surface area contributed by atoms with Crippen molar-refractivity contribution < 1.29 is 51.6 Å². The number of aliphatic hydroxyl groups is 3. The van der Waals surface area contributed by atoms with Gasteiger partial charge in [0.1, 0.15) is 19.4 Å². The molecule has 30 nitrogen and oxygen atoms in total. The molecule has 0 saturated heterocycles. The van der Waals surface area contributed by atoms with Gasteiger partial charge in [-0.25, -0.2) is 0 Å². The van der Waals surface area contributed by atoms with Gasteiger partial charge in [0.25, 0.3) is 0 Å². The van der Waals surface area contributed by atoms with Crippen molar-refractivity contribution in [1.82, 2.24) is 71.1 Å². The van der Waals surface area contributed by atoms with Crippen LogP contribution in [0.4, 0.5) is 0 Å². The molecule has 0 aromatic heterocycles. The van der Waals surface area contributed by atoms with Crippen molar-refractivity contribution in [1.29, 1.82) is 10.5 Å². The summed E-state index contributed by atoms with van der Waals surface area (Å²) in [5.41, 5.74) is 21.1. The van der Waals surface area contributed by atoms with Crippen LogP contribution in [0.25, 0.3) is 0 Å². The highest BCUT2D eigenvalue weighted by Gasteiger charge is 1.98. The third-order valence-corrected chi connectivity index (χ3v) is 14.9. The maximum absolute atomic E-state index is 9.68. The van der Waals surface area contributed by atoms with Crippen molar-refractivity contribution in [3.8, 4) is 12.1 Å². The first kappa shape index (κ1) is 166. The molecule has 0 fully saturated rings. The second-order valence-corrected chi connectivity index (χ2v) is 30.6. The molecular formula is C88H222N20O10. The summed E-state index contributed by atoms with van der Waals surface area (Å²) in [5, 5.41) is 47.9. The molecular weight excluding hydrogens is 1500 g/mol. The normalized spacial score (nSPS) is 9.44. The van der Waals surface area contributed by atoms with Crippen molar-refractivity contribution in [2.45, 2.75) is 257 Å². The Bertz CT molecular complexity index is 1260. The van der Waals surface area contributed by atoms with E-state index in [1.165, 1.54) is 220 Å². The van der Waals surface area contributed by atoms with Gasteiger partial charge in [0, 0.05) is 46.0 Å². The minimum Gasteiger partial charge on any atom is -0.412 e. The lowest BCUT2D eigenvalue weighted by molar-refractivity contribution is -0.109. The van der Waals surface area contributed by atoms with Crippen LogP contribution in [-0.2, 0) is 14.4 Å². The zero-order valence-corrected chi connectivity index (χ0v) is 83.9. The molecule has 0 unspecified atom stereocenters. The second-order valence-electron chi connectivity index (χ2n) is 30.6. The Morgan fingerprint density at radius 3 is 0.475 bits per heavy atom. The lowest BCUT2D eigenvalue weighted by Crippen LogP contribution is -2.14. The van der Waals surface area contributed by atoms with Gasteiger partial charge in [0.05, 0.1) is 12.1 Å². The maximum atomic E-state index is 9.68. The Hall–Kier alpha value is -3.01. The number of nitrogens with zero attached hydrogens (tertiary/aromatic N) is 12. The Morgan fingerprint density at radius 1 is 0.263 bits per heavy atom. The molecule has 734 valence electrons. The first-order valence-electron chi connectivity index (χ1n) is 43.6. The summed E-state index contributed by atoms with van der Waals surface area (Å²) >= 11 is 0. The summed E-state index contributed by atoms with van der Waals surface area (Å²) in [5.74, 6) is 0. The van der Waals surface area contributed by atoms with Crippen LogP contribution in [0.5, 0.6) is 0 Å². The first-order chi connectivity index (χ1) is 53.9. The molecule has 0 aliphatic rings. The fourth-order valence-electron chi connectivity index (χ4n) is 8.77. The van der Waals surface area contributed by atoms with Crippen molar-refractivity contribution in [2.75, 3.05) is 295 Å². The van der Waals surface area contributed by atoms with E-state index in [1.54, 1.807) is 0 Å². The molecule has 0 aromatic carbocycles. The molecule has 0 spiro atoms. The topological polar surface area (TPSA) is 493 Å². The van der Waals surface area contributed by atoms with Crippen molar-refractivity contribution in [3.05, 3.63) is 0 Å². The lowest BCUT2D eigenvalue weighted by atomic mass is 10.2. The van der Waals surface area contributed by atoms with Gasteiger partial charge in [-0.05, 0) is 403 Å². The Kier molecular flexibility index (Phi) is 252. The highest BCUT2D eigenvalue weighted by molar-refractivity contribution is 5.50. The number of hydrogen-bond donors (Lipinski definition) is 11. The number of rotatable bonds is 58. The van der Waals surface area contributed by atoms with Crippen molar-refractivity contribution in [2.24, 2.45) is 22.9 Å². The van der Waals surface area contributed by atoms with Gasteiger partial charge in [0.15, 0.2) is 0 Å². The van der Waals surface area contributed by atoms with Crippen LogP contribution in [0.1, 0.15) is 257 Å². The summed E-state index contributed by atoms with van der Waals surface area (Å²) < 4.78 is 0. The summed E-state index contributed by atoms with van der Waals surface area (Å²) in [4.78, 5) is 49.9. The molecule has 0 radical (unpaired) electrons. The Balaban J connectivity index is -0.0000000494. The molecule has 0 aliphatic carbocycles. The number of unbranched alkanes of at least 4 members (excludes halogenated alkanes) is 30. The number of nitrogens with one attached hydrogen (secondary N) is 3. The molecule has 0 saturated carbocycles. The molecule has 118 heavy (non-hydrogen) atoms. The number of carbonyl (C=O) groups is 3. The van der Waals surface area contributed by atoms with Gasteiger partial charge in [-0.1, -0.05) is 103 Å². The highest BCUT2D eigenvalue weighted by Crippen LogP contribution is 2.06. The Morgan fingerprint density at radius 2 is 0.381 bits per heavy atom. The fourth-order valence-corrected chi connectivity index (χ4v) is 8.77. The maximum Gasteiger partial charge on any atom is 0.119 e. The van der Waals surface area contributed by atoms with Gasteiger partial charge in [-0.2, -0.15) is 10.5 Å². The Labute approximate surface area is 736 Å². The number of nitriles is 2. The van der Waals surface area contributed by atoms with E-state index in [1.807, 2.05) is 61.2 Å². The number of aldehydes is 2. The number of aliphatic hydroxyl groups excluding tert-OH is 3. The standard InChI is InChI=1S/5C10H24N2.2C6H16N2.C6H8N2.C6H14O2.C6H10O2.3C2H7N.CH4O.CH2O.H3N.4H2O/c5*1-11(2)9-7-5-6-8-10-12(3)4;5*7-5-3-1-2-4-6-8;3*1-3-2;2*1-2;;;;;/h5*5-10H2,1-4H3;2*1-8H2;1-4H2;7-8H,1-6H2;5-6H,1-4H2;3*3H,1-2H3;2H,1H3;1H2;1H3;4*1H2. The summed E-state index contributed by atoms with van der Waals surface area (Å²) in [6.07, 6.45) is 48.2. The first-order valence-corrected chi connectivity index (χ1v) is 43.6. The van der Waals surface area contributed by atoms with Crippen LogP contribution in [-0.4, -0.2) is 401 Å². The average molecular weight is 1720 g/mol. The summed E-state index contributed by atoms with van der Waals surface area (Å²) in [6, 6.07) is 4.03. The molecule has 0 amide bonds. The van der Waals surface area contributed by atoms with E-state index in [0.717, 1.165) is 123 Å². The third-order valence-electron chi connectivity index (χ3n) is 14.9. The molecule has 30 heteroatoms. The molecule has 25 N–H and O–H groups in total. The molecule has 0 atom stereocenters. The fraction of sp³-hybridized carbons (Fsp3) is 0.943. The number of carbonyl (C=O) groups excluding carboxylic acids is 3. The van der Waals surface area contributed by atoms with E-state index in [-0.39, 0.29) is 41.3 Å². The number of hydrogen-bond acceptors (Lipinski definition) is 26. The van der Waals surface area contributed by atoms with Crippen molar-refractivity contribution >= 4 is 19.4 Å². The summed E-state index contributed by atoms with van der Waals surface area (Å²) in [7, 11) is 55.0. The van der Waals surface area contributed by atoms with E-state index >= 15 is 0 Å². The highest BCUT2D eigenvalue weighted by atomic mass is 16.3. The predicted octanol–water partition coefficient (Wildman–Crippen LogP) is 8.14. The minimum atomic E-state index is 0. The average Bonchev–Trinajstić information content (AvgIpc) is 1.22. The van der Waals surface area contributed by atoms with Crippen LogP contribution in [0.3, 0.4) is 0 Å². The molecule has 0 rings (SSSR count). The third kappa shape index (κ3) is 316.